The number of aliphatic imine (C=N–C) groups is 2. The third-order valence-corrected chi connectivity index (χ3v) is 2.96. The zero-order valence-corrected chi connectivity index (χ0v) is 11.9. The largest absolute Gasteiger partial charge is 0.369 e. The van der Waals surface area contributed by atoms with Gasteiger partial charge in [0, 0.05) is 13.1 Å². The van der Waals surface area contributed by atoms with Gasteiger partial charge in [0.2, 0.25) is 5.96 Å². The smallest absolute Gasteiger partial charge is 0.223 e. The highest BCUT2D eigenvalue weighted by atomic mass is 35.5. The molecule has 1 fully saturated rings. The average molecular weight is 300 g/mol. The van der Waals surface area contributed by atoms with Gasteiger partial charge in [-0.25, -0.2) is 9.38 Å². The van der Waals surface area contributed by atoms with Crippen molar-refractivity contribution in [2.24, 2.45) is 21.5 Å². The molecule has 0 aliphatic carbocycles. The average Bonchev–Trinajstić information content (AvgIpc) is 2.39. The first-order valence-corrected chi connectivity index (χ1v) is 6.34. The lowest BCUT2D eigenvalue weighted by Gasteiger charge is -2.27. The molecule has 1 aromatic rings. The molecule has 0 spiro atoms. The number of piperidine rings is 1. The molecule has 0 radical (unpaired) electrons. The monoisotopic (exact) mass is 299 g/mol. The van der Waals surface area contributed by atoms with E-state index < -0.39 is 0 Å². The summed E-state index contributed by atoms with van der Waals surface area (Å²) < 4.78 is 13.0. The number of halogens is 2. The Morgan fingerprint density at radius 1 is 1.15 bits per heavy atom. The predicted octanol–water partition coefficient (Wildman–Crippen LogP) is 1.99. The van der Waals surface area contributed by atoms with E-state index in [-0.39, 0.29) is 24.2 Å². The molecule has 5 nitrogen and oxygen atoms in total. The van der Waals surface area contributed by atoms with Crippen LogP contribution in [0.3, 0.4) is 0 Å². The first-order valence-electron chi connectivity index (χ1n) is 6.34. The second-order valence-electron chi connectivity index (χ2n) is 4.47. The Labute approximate surface area is 124 Å². The highest BCUT2D eigenvalue weighted by Crippen LogP contribution is 2.13. The van der Waals surface area contributed by atoms with Gasteiger partial charge in [-0.1, -0.05) is 6.07 Å². The van der Waals surface area contributed by atoms with Gasteiger partial charge < -0.3 is 16.4 Å². The van der Waals surface area contributed by atoms with E-state index in [1.807, 2.05) is 4.90 Å². The summed E-state index contributed by atoms with van der Waals surface area (Å²) in [4.78, 5) is 10.0. The Morgan fingerprint density at radius 3 is 2.50 bits per heavy atom. The summed E-state index contributed by atoms with van der Waals surface area (Å²) in [5.74, 6) is 0.0491. The zero-order chi connectivity index (χ0) is 13.7. The summed E-state index contributed by atoms with van der Waals surface area (Å²) in [7, 11) is 0. The lowest BCUT2D eigenvalue weighted by atomic mass is 10.1. The fourth-order valence-corrected chi connectivity index (χ4v) is 2.01. The Morgan fingerprint density at radius 2 is 1.85 bits per heavy atom. The van der Waals surface area contributed by atoms with Crippen molar-refractivity contribution >= 4 is 30.0 Å². The third-order valence-electron chi connectivity index (χ3n) is 2.96. The summed E-state index contributed by atoms with van der Waals surface area (Å²) >= 11 is 0. The van der Waals surface area contributed by atoms with Crippen molar-refractivity contribution in [2.75, 3.05) is 13.1 Å². The minimum Gasteiger partial charge on any atom is -0.369 e. The van der Waals surface area contributed by atoms with Crippen LogP contribution in [0.1, 0.15) is 19.3 Å². The molecule has 0 bridgehead atoms. The van der Waals surface area contributed by atoms with Crippen LogP contribution < -0.4 is 11.5 Å². The third kappa shape index (κ3) is 4.70. The minimum atomic E-state index is -0.359. The van der Waals surface area contributed by atoms with Crippen LogP contribution in [0.5, 0.6) is 0 Å². The SMILES string of the molecule is Cl.NC(=Nc1cccc(F)c1)/N=C(/N)N1CCCCC1. The number of rotatable bonds is 1. The molecule has 1 saturated heterocycles. The van der Waals surface area contributed by atoms with Crippen molar-refractivity contribution in [3.63, 3.8) is 0 Å². The fourth-order valence-electron chi connectivity index (χ4n) is 2.01. The second-order valence-corrected chi connectivity index (χ2v) is 4.47. The van der Waals surface area contributed by atoms with Gasteiger partial charge in [-0.05, 0) is 37.5 Å². The molecule has 0 amide bonds. The Bertz CT molecular complexity index is 497. The molecular formula is C13H19ClFN5. The van der Waals surface area contributed by atoms with E-state index in [0.717, 1.165) is 25.9 Å². The normalized spacial score (nSPS) is 16.8. The van der Waals surface area contributed by atoms with Crippen LogP contribution in [0.2, 0.25) is 0 Å². The predicted molar refractivity (Wildman–Crippen MR) is 82.0 cm³/mol. The van der Waals surface area contributed by atoms with Gasteiger partial charge >= 0.3 is 0 Å². The van der Waals surface area contributed by atoms with E-state index in [1.54, 1.807) is 12.1 Å². The molecule has 0 atom stereocenters. The molecule has 0 unspecified atom stereocenters. The fraction of sp³-hybridized carbons (Fsp3) is 0.385. The summed E-state index contributed by atoms with van der Waals surface area (Å²) in [5, 5.41) is 0. The van der Waals surface area contributed by atoms with Gasteiger partial charge in [-0.3, -0.25) is 0 Å². The number of nitrogens with zero attached hydrogens (tertiary/aromatic N) is 3. The molecule has 20 heavy (non-hydrogen) atoms. The van der Waals surface area contributed by atoms with Crippen molar-refractivity contribution in [1.29, 1.82) is 0 Å². The molecule has 7 heteroatoms. The van der Waals surface area contributed by atoms with Crippen LogP contribution in [-0.2, 0) is 0 Å². The lowest BCUT2D eigenvalue weighted by Crippen LogP contribution is -2.41. The van der Waals surface area contributed by atoms with Crippen LogP contribution in [0.25, 0.3) is 0 Å². The number of guanidine groups is 2. The maximum absolute atomic E-state index is 13.0. The first kappa shape index (κ1) is 16.2. The number of nitrogens with two attached hydrogens (primary N) is 2. The Kier molecular flexibility index (Phi) is 6.24. The molecule has 110 valence electrons. The van der Waals surface area contributed by atoms with Crippen molar-refractivity contribution in [2.45, 2.75) is 19.3 Å². The minimum absolute atomic E-state index is 0. The molecule has 1 heterocycles. The van der Waals surface area contributed by atoms with E-state index in [2.05, 4.69) is 9.98 Å². The highest BCUT2D eigenvalue weighted by molar-refractivity contribution is 5.94. The van der Waals surface area contributed by atoms with Crippen molar-refractivity contribution in [1.82, 2.24) is 4.90 Å². The van der Waals surface area contributed by atoms with Gasteiger partial charge in [-0.2, -0.15) is 4.99 Å². The van der Waals surface area contributed by atoms with Crippen molar-refractivity contribution in [3.8, 4) is 0 Å². The highest BCUT2D eigenvalue weighted by Gasteiger charge is 2.12. The number of likely N-dealkylation sites (tertiary alicyclic amines) is 1. The summed E-state index contributed by atoms with van der Waals surface area (Å²) in [6, 6.07) is 5.86. The molecule has 1 aliphatic heterocycles. The lowest BCUT2D eigenvalue weighted by molar-refractivity contribution is 0.339. The van der Waals surface area contributed by atoms with E-state index in [4.69, 9.17) is 11.5 Å². The van der Waals surface area contributed by atoms with Crippen molar-refractivity contribution in [3.05, 3.63) is 30.1 Å². The zero-order valence-electron chi connectivity index (χ0n) is 11.1. The van der Waals surface area contributed by atoms with E-state index >= 15 is 0 Å². The summed E-state index contributed by atoms with van der Waals surface area (Å²) in [6.07, 6.45) is 3.44. The maximum Gasteiger partial charge on any atom is 0.223 e. The van der Waals surface area contributed by atoms with Crippen LogP contribution in [0, 0.1) is 5.82 Å². The Balaban J connectivity index is 0.00000200. The standard InChI is InChI=1S/C13H18FN5.ClH/c14-10-5-4-6-11(9-10)17-12(15)18-13(16)19-7-2-1-3-8-19;/h4-6,9H,1-3,7-8H2,(H4,15,16,17,18);1H. The second kappa shape index (κ2) is 7.69. The van der Waals surface area contributed by atoms with E-state index in [1.165, 1.54) is 18.6 Å². The van der Waals surface area contributed by atoms with Crippen LogP contribution in [-0.4, -0.2) is 29.9 Å². The summed E-state index contributed by atoms with van der Waals surface area (Å²) in [5.41, 5.74) is 12.0. The molecule has 1 aliphatic rings. The van der Waals surface area contributed by atoms with Gasteiger partial charge in [0.25, 0.3) is 0 Å². The Hall–Kier alpha value is -1.82. The molecular weight excluding hydrogens is 281 g/mol. The number of hydrogen-bond donors (Lipinski definition) is 2. The van der Waals surface area contributed by atoms with Crippen LogP contribution in [0.15, 0.2) is 34.3 Å². The molecule has 2 rings (SSSR count). The van der Waals surface area contributed by atoms with Crippen molar-refractivity contribution < 1.29 is 4.39 Å². The molecule has 1 aromatic carbocycles. The first-order chi connectivity index (χ1) is 9.15. The van der Waals surface area contributed by atoms with Gasteiger partial charge in [0.05, 0.1) is 5.69 Å². The molecule has 0 saturated carbocycles. The van der Waals surface area contributed by atoms with E-state index in [9.17, 15) is 4.39 Å². The maximum atomic E-state index is 13.0. The van der Waals surface area contributed by atoms with E-state index in [0.29, 0.717) is 11.6 Å². The van der Waals surface area contributed by atoms with Gasteiger partial charge in [0.15, 0.2) is 5.96 Å². The topological polar surface area (TPSA) is 80.0 Å². The summed E-state index contributed by atoms with van der Waals surface area (Å²) in [6.45, 7) is 1.78. The molecule has 4 N–H and O–H groups in total. The number of benzene rings is 1. The van der Waals surface area contributed by atoms with Gasteiger partial charge in [0.1, 0.15) is 5.82 Å². The molecule has 0 aromatic heterocycles. The van der Waals surface area contributed by atoms with Crippen LogP contribution in [0.4, 0.5) is 10.1 Å². The quantitative estimate of drug-likeness (QED) is 0.615. The van der Waals surface area contributed by atoms with Crippen LogP contribution >= 0.6 is 12.4 Å². The number of hydrogen-bond acceptors (Lipinski definition) is 1. The van der Waals surface area contributed by atoms with Gasteiger partial charge in [-0.15, -0.1) is 12.4 Å².